The largest absolute Gasteiger partial charge is 0.480 e. The van der Waals surface area contributed by atoms with Crippen LogP contribution in [0.1, 0.15) is 11.6 Å². The number of hydrogen-bond acceptors (Lipinski definition) is 5. The number of pyridine rings is 1. The number of halogens is 4. The quantitative estimate of drug-likeness (QED) is 0.266. The zero-order valence-corrected chi connectivity index (χ0v) is 21.6. The summed E-state index contributed by atoms with van der Waals surface area (Å²) in [6, 6.07) is 17.3. The molecule has 1 fully saturated rings. The highest BCUT2D eigenvalue weighted by Gasteiger charge is 2.27. The molecule has 1 atom stereocenters. The number of carboxylic acids is 1. The summed E-state index contributed by atoms with van der Waals surface area (Å²) in [5.41, 5.74) is 3.45. The van der Waals surface area contributed by atoms with Crippen LogP contribution >= 0.6 is 11.6 Å². The number of rotatable bonds is 8. The van der Waals surface area contributed by atoms with Crippen molar-refractivity contribution in [2.24, 2.45) is 0 Å². The standard InChI is InChI=1S/C29H26ClF3N4O2/c30-23-16-34-25-10-7-19(15-22(25)27(23)35-28(29(32)33)21-3-1-2-4-24(21)31)18-5-8-20(9-6-18)37-13-11-36(12-14-37)17-26(38)39/h1-10,15-16,28-29H,11-14,17H2,(H,34,35)(H,38,39). The molecule has 1 aliphatic rings. The van der Waals surface area contributed by atoms with E-state index in [0.717, 1.165) is 36.0 Å². The summed E-state index contributed by atoms with van der Waals surface area (Å²) in [5.74, 6) is -1.55. The van der Waals surface area contributed by atoms with E-state index in [4.69, 9.17) is 16.7 Å². The van der Waals surface area contributed by atoms with E-state index in [1.165, 1.54) is 24.4 Å². The molecule has 0 radical (unpaired) electrons. The summed E-state index contributed by atoms with van der Waals surface area (Å²) in [6.45, 7) is 2.86. The minimum absolute atomic E-state index is 0.0445. The molecule has 2 N–H and O–H groups in total. The molecule has 0 amide bonds. The van der Waals surface area contributed by atoms with Crippen molar-refractivity contribution in [2.45, 2.75) is 12.5 Å². The SMILES string of the molecule is O=C(O)CN1CCN(c2ccc(-c3ccc4ncc(Cl)c(NC(c5ccccc5F)C(F)F)c4c3)cc2)CC1. The molecule has 39 heavy (non-hydrogen) atoms. The lowest BCUT2D eigenvalue weighted by molar-refractivity contribution is -0.138. The molecule has 0 bridgehead atoms. The topological polar surface area (TPSA) is 68.7 Å². The first-order valence-electron chi connectivity index (χ1n) is 12.5. The van der Waals surface area contributed by atoms with Gasteiger partial charge in [0.05, 0.1) is 22.8 Å². The van der Waals surface area contributed by atoms with E-state index >= 15 is 0 Å². The first kappa shape index (κ1) is 26.8. The molecule has 1 aromatic heterocycles. The van der Waals surface area contributed by atoms with Crippen LogP contribution in [0.5, 0.6) is 0 Å². The third kappa shape index (κ3) is 5.94. The summed E-state index contributed by atoms with van der Waals surface area (Å²) >= 11 is 6.42. The molecule has 6 nitrogen and oxygen atoms in total. The summed E-state index contributed by atoms with van der Waals surface area (Å²) in [4.78, 5) is 19.4. The maximum absolute atomic E-state index is 14.4. The van der Waals surface area contributed by atoms with Crippen LogP contribution < -0.4 is 10.2 Å². The summed E-state index contributed by atoms with van der Waals surface area (Å²) in [7, 11) is 0. The number of piperazine rings is 1. The third-order valence-electron chi connectivity index (χ3n) is 6.91. The summed E-state index contributed by atoms with van der Waals surface area (Å²) in [5, 5.41) is 12.5. The molecule has 0 aliphatic carbocycles. The lowest BCUT2D eigenvalue weighted by Crippen LogP contribution is -2.47. The number of carbonyl (C=O) groups is 1. The van der Waals surface area contributed by atoms with Gasteiger partial charge in [-0.25, -0.2) is 13.2 Å². The number of aromatic nitrogens is 1. The van der Waals surface area contributed by atoms with Gasteiger partial charge in [-0.3, -0.25) is 14.7 Å². The average Bonchev–Trinajstić information content (AvgIpc) is 2.93. The van der Waals surface area contributed by atoms with Gasteiger partial charge in [0, 0.05) is 49.0 Å². The van der Waals surface area contributed by atoms with Gasteiger partial charge < -0.3 is 15.3 Å². The molecule has 4 aromatic rings. The Balaban J connectivity index is 1.41. The molecule has 2 heterocycles. The van der Waals surface area contributed by atoms with Crippen LogP contribution in [0.25, 0.3) is 22.0 Å². The normalized spacial score (nSPS) is 15.1. The molecular weight excluding hydrogens is 529 g/mol. The predicted octanol–water partition coefficient (Wildman–Crippen LogP) is 6.32. The van der Waals surface area contributed by atoms with Crippen molar-refractivity contribution in [3.63, 3.8) is 0 Å². The fraction of sp³-hybridized carbons (Fsp3) is 0.241. The van der Waals surface area contributed by atoms with Crippen molar-refractivity contribution in [3.8, 4) is 11.1 Å². The Kier molecular flexibility index (Phi) is 7.90. The van der Waals surface area contributed by atoms with Crippen LogP contribution in [0.3, 0.4) is 0 Å². The Morgan fingerprint density at radius 2 is 1.69 bits per heavy atom. The maximum Gasteiger partial charge on any atom is 0.317 e. The van der Waals surface area contributed by atoms with Crippen LogP contribution in [-0.4, -0.2) is 60.1 Å². The van der Waals surface area contributed by atoms with E-state index < -0.39 is 24.3 Å². The molecular formula is C29H26ClF3N4O2. The Hall–Kier alpha value is -3.82. The van der Waals surface area contributed by atoms with Gasteiger partial charge in [0.25, 0.3) is 6.43 Å². The minimum Gasteiger partial charge on any atom is -0.480 e. The lowest BCUT2D eigenvalue weighted by atomic mass is 10.0. The van der Waals surface area contributed by atoms with Gasteiger partial charge in [-0.05, 0) is 41.5 Å². The smallest absolute Gasteiger partial charge is 0.317 e. The maximum atomic E-state index is 14.4. The number of benzene rings is 3. The van der Waals surface area contributed by atoms with Crippen molar-refractivity contribution in [2.75, 3.05) is 42.9 Å². The summed E-state index contributed by atoms with van der Waals surface area (Å²) in [6.07, 6.45) is -1.50. The Bertz CT molecular complexity index is 1480. The second-order valence-electron chi connectivity index (χ2n) is 9.39. The fourth-order valence-electron chi connectivity index (χ4n) is 4.87. The Morgan fingerprint density at radius 3 is 2.36 bits per heavy atom. The van der Waals surface area contributed by atoms with Crippen LogP contribution in [0.4, 0.5) is 24.5 Å². The molecule has 202 valence electrons. The van der Waals surface area contributed by atoms with Gasteiger partial charge in [-0.15, -0.1) is 0 Å². The molecule has 1 aliphatic heterocycles. The Labute approximate surface area is 228 Å². The van der Waals surface area contributed by atoms with Gasteiger partial charge in [0.15, 0.2) is 0 Å². The van der Waals surface area contributed by atoms with Gasteiger partial charge in [0.1, 0.15) is 11.9 Å². The van der Waals surface area contributed by atoms with E-state index in [9.17, 15) is 18.0 Å². The number of alkyl halides is 2. The first-order chi connectivity index (χ1) is 18.8. The number of fused-ring (bicyclic) bond motifs is 1. The van der Waals surface area contributed by atoms with E-state index in [2.05, 4.69) is 15.2 Å². The van der Waals surface area contributed by atoms with Crippen LogP contribution in [0, 0.1) is 5.82 Å². The highest BCUT2D eigenvalue weighted by Crippen LogP contribution is 2.37. The molecule has 3 aromatic carbocycles. The van der Waals surface area contributed by atoms with Gasteiger partial charge in [0.2, 0.25) is 0 Å². The lowest BCUT2D eigenvalue weighted by Gasteiger charge is -2.35. The molecule has 5 rings (SSSR count). The molecule has 1 saturated heterocycles. The monoisotopic (exact) mass is 554 g/mol. The number of aliphatic carboxylic acids is 1. The predicted molar refractivity (Wildman–Crippen MR) is 147 cm³/mol. The fourth-order valence-corrected chi connectivity index (χ4v) is 5.08. The van der Waals surface area contributed by atoms with Gasteiger partial charge in [-0.1, -0.05) is 48.0 Å². The van der Waals surface area contributed by atoms with Crippen LogP contribution in [0.2, 0.25) is 5.02 Å². The second kappa shape index (κ2) is 11.5. The molecule has 1 unspecified atom stereocenters. The van der Waals surface area contributed by atoms with Crippen molar-refractivity contribution >= 4 is 39.8 Å². The van der Waals surface area contributed by atoms with Crippen molar-refractivity contribution in [3.05, 3.63) is 89.3 Å². The van der Waals surface area contributed by atoms with Gasteiger partial charge >= 0.3 is 5.97 Å². The first-order valence-corrected chi connectivity index (χ1v) is 12.8. The highest BCUT2D eigenvalue weighted by atomic mass is 35.5. The zero-order valence-electron chi connectivity index (χ0n) is 20.8. The number of anilines is 2. The average molecular weight is 555 g/mol. The number of carboxylic acid groups (broad SMARTS) is 1. The van der Waals surface area contributed by atoms with Crippen molar-refractivity contribution in [1.29, 1.82) is 0 Å². The summed E-state index contributed by atoms with van der Waals surface area (Å²) < 4.78 is 42.5. The van der Waals surface area contributed by atoms with Crippen LogP contribution in [-0.2, 0) is 4.79 Å². The van der Waals surface area contributed by atoms with E-state index in [1.54, 1.807) is 6.07 Å². The highest BCUT2D eigenvalue weighted by molar-refractivity contribution is 6.34. The number of nitrogens with one attached hydrogen (secondary N) is 1. The molecule has 0 saturated carbocycles. The van der Waals surface area contributed by atoms with E-state index in [1.807, 2.05) is 41.3 Å². The van der Waals surface area contributed by atoms with Crippen molar-refractivity contribution in [1.82, 2.24) is 9.88 Å². The van der Waals surface area contributed by atoms with Crippen LogP contribution in [0.15, 0.2) is 72.9 Å². The van der Waals surface area contributed by atoms with Crippen molar-refractivity contribution < 1.29 is 23.1 Å². The third-order valence-corrected chi connectivity index (χ3v) is 7.20. The molecule has 10 heteroatoms. The Morgan fingerprint density at radius 1 is 1.00 bits per heavy atom. The second-order valence-corrected chi connectivity index (χ2v) is 9.80. The van der Waals surface area contributed by atoms with E-state index in [-0.39, 0.29) is 22.8 Å². The number of hydrogen-bond donors (Lipinski definition) is 2. The zero-order chi connectivity index (χ0) is 27.5. The number of nitrogens with zero attached hydrogens (tertiary/aromatic N) is 3. The molecule has 0 spiro atoms. The van der Waals surface area contributed by atoms with E-state index in [0.29, 0.717) is 24.0 Å². The van der Waals surface area contributed by atoms with Gasteiger partial charge in [-0.2, -0.15) is 0 Å². The minimum atomic E-state index is -2.89.